The highest BCUT2D eigenvalue weighted by atomic mass is 16.4. The van der Waals surface area contributed by atoms with Crippen molar-refractivity contribution in [1.29, 1.82) is 0 Å². The Bertz CT molecular complexity index is 422. The lowest BCUT2D eigenvalue weighted by Gasteiger charge is -2.04. The molecule has 5 nitrogen and oxygen atoms in total. The summed E-state index contributed by atoms with van der Waals surface area (Å²) in [6.45, 7) is 14.9. The van der Waals surface area contributed by atoms with Crippen molar-refractivity contribution in [2.45, 2.75) is 54.1 Å². The van der Waals surface area contributed by atoms with E-state index in [9.17, 15) is 0 Å². The molecule has 0 aliphatic heterocycles. The average Bonchev–Trinajstić information content (AvgIpc) is 2.68. The Balaban J connectivity index is 1.85. The Labute approximate surface area is 115 Å². The van der Waals surface area contributed by atoms with Crippen molar-refractivity contribution < 1.29 is 4.42 Å². The molecular weight excluding hydrogens is 240 g/mol. The summed E-state index contributed by atoms with van der Waals surface area (Å²) >= 11 is 0. The zero-order chi connectivity index (χ0) is 14.3. The molecule has 1 saturated carbocycles. The Hall–Kier alpha value is -1.10. The van der Waals surface area contributed by atoms with Crippen LogP contribution in [0.4, 0.5) is 6.01 Å². The lowest BCUT2D eigenvalue weighted by molar-refractivity contribution is 0.457. The first-order chi connectivity index (χ1) is 8.75. The zero-order valence-corrected chi connectivity index (χ0v) is 12.9. The Kier molecular flexibility index (Phi) is 3.60. The molecular formula is C14H26N4O. The van der Waals surface area contributed by atoms with Crippen LogP contribution in [0.25, 0.3) is 0 Å². The van der Waals surface area contributed by atoms with E-state index >= 15 is 0 Å². The molecule has 19 heavy (non-hydrogen) atoms. The number of hydrogen-bond donors (Lipinski definition) is 2. The standard InChI is InChI=1S/C14H26N4O/c1-9(2)7-15-8-10-17-18-12(19-10)16-11-13(3,4)14(11,5)6/h9,11,15H,7-8H2,1-6H3,(H,16,18). The Morgan fingerprint density at radius 2 is 1.79 bits per heavy atom. The minimum Gasteiger partial charge on any atom is -0.407 e. The summed E-state index contributed by atoms with van der Waals surface area (Å²) in [4.78, 5) is 0. The minimum absolute atomic E-state index is 0.261. The van der Waals surface area contributed by atoms with Crippen LogP contribution in [0.1, 0.15) is 47.4 Å². The predicted octanol–water partition coefficient (Wildman–Crippen LogP) is 2.66. The van der Waals surface area contributed by atoms with E-state index in [-0.39, 0.29) is 10.8 Å². The van der Waals surface area contributed by atoms with Gasteiger partial charge in [0.25, 0.3) is 0 Å². The molecule has 1 aromatic rings. The van der Waals surface area contributed by atoms with E-state index in [0.29, 0.717) is 30.4 Å². The molecule has 1 fully saturated rings. The van der Waals surface area contributed by atoms with Crippen molar-refractivity contribution in [3.8, 4) is 0 Å². The van der Waals surface area contributed by atoms with Gasteiger partial charge in [0.2, 0.25) is 5.89 Å². The van der Waals surface area contributed by atoms with Gasteiger partial charge in [0.1, 0.15) is 0 Å². The fraction of sp³-hybridized carbons (Fsp3) is 0.857. The van der Waals surface area contributed by atoms with Crippen LogP contribution in [-0.2, 0) is 6.54 Å². The van der Waals surface area contributed by atoms with E-state index in [2.05, 4.69) is 62.4 Å². The van der Waals surface area contributed by atoms with E-state index in [1.54, 1.807) is 0 Å². The van der Waals surface area contributed by atoms with E-state index in [4.69, 9.17) is 4.42 Å². The van der Waals surface area contributed by atoms with Gasteiger partial charge in [-0.05, 0) is 23.3 Å². The second kappa shape index (κ2) is 4.78. The Morgan fingerprint density at radius 1 is 1.16 bits per heavy atom. The normalized spacial score (nSPS) is 20.8. The maximum atomic E-state index is 5.61. The van der Waals surface area contributed by atoms with Gasteiger partial charge in [0.15, 0.2) is 0 Å². The van der Waals surface area contributed by atoms with Gasteiger partial charge in [-0.1, -0.05) is 46.6 Å². The predicted molar refractivity (Wildman–Crippen MR) is 75.8 cm³/mol. The van der Waals surface area contributed by atoms with Crippen LogP contribution in [0.5, 0.6) is 0 Å². The molecule has 2 N–H and O–H groups in total. The van der Waals surface area contributed by atoms with E-state index < -0.39 is 0 Å². The van der Waals surface area contributed by atoms with Crippen LogP contribution in [0.2, 0.25) is 0 Å². The second-order valence-electron chi connectivity index (χ2n) is 7.05. The molecule has 0 atom stereocenters. The summed E-state index contributed by atoms with van der Waals surface area (Å²) < 4.78 is 5.61. The molecule has 0 aromatic carbocycles. The molecule has 2 rings (SSSR count). The van der Waals surface area contributed by atoms with Gasteiger partial charge < -0.3 is 15.1 Å². The summed E-state index contributed by atoms with van der Waals surface area (Å²) in [7, 11) is 0. The molecule has 0 unspecified atom stereocenters. The second-order valence-corrected chi connectivity index (χ2v) is 7.05. The number of anilines is 1. The Morgan fingerprint density at radius 3 is 2.32 bits per heavy atom. The SMILES string of the molecule is CC(C)CNCc1nnc(NC2C(C)(C)C2(C)C)o1. The third kappa shape index (κ3) is 2.76. The highest BCUT2D eigenvalue weighted by molar-refractivity contribution is 5.33. The molecule has 1 aromatic heterocycles. The number of aromatic nitrogens is 2. The number of hydrogen-bond acceptors (Lipinski definition) is 5. The molecule has 1 aliphatic carbocycles. The van der Waals surface area contributed by atoms with Crippen LogP contribution in [0.3, 0.4) is 0 Å². The third-order valence-corrected chi connectivity index (χ3v) is 4.58. The molecule has 1 aliphatic rings. The average molecular weight is 266 g/mol. The van der Waals surface area contributed by atoms with Gasteiger partial charge in [0.05, 0.1) is 6.54 Å². The first-order valence-corrected chi connectivity index (χ1v) is 7.05. The number of nitrogens with zero attached hydrogens (tertiary/aromatic N) is 2. The van der Waals surface area contributed by atoms with Gasteiger partial charge in [-0.25, -0.2) is 0 Å². The third-order valence-electron chi connectivity index (χ3n) is 4.58. The first-order valence-electron chi connectivity index (χ1n) is 7.05. The van der Waals surface area contributed by atoms with E-state index in [1.807, 2.05) is 0 Å². The number of rotatable bonds is 6. The van der Waals surface area contributed by atoms with Crippen molar-refractivity contribution >= 4 is 6.01 Å². The minimum atomic E-state index is 0.261. The fourth-order valence-electron chi connectivity index (χ4n) is 2.53. The van der Waals surface area contributed by atoms with Crippen molar-refractivity contribution in [3.05, 3.63) is 5.89 Å². The fourth-order valence-corrected chi connectivity index (χ4v) is 2.53. The van der Waals surface area contributed by atoms with Crippen LogP contribution in [0, 0.1) is 16.7 Å². The maximum absolute atomic E-state index is 5.61. The highest BCUT2D eigenvalue weighted by Crippen LogP contribution is 2.63. The molecule has 0 spiro atoms. The molecule has 1 heterocycles. The first kappa shape index (κ1) is 14.3. The van der Waals surface area contributed by atoms with Crippen LogP contribution in [-0.4, -0.2) is 22.8 Å². The number of nitrogens with one attached hydrogen (secondary N) is 2. The summed E-state index contributed by atoms with van der Waals surface area (Å²) in [5, 5.41) is 14.7. The van der Waals surface area contributed by atoms with Gasteiger partial charge in [-0.3, -0.25) is 0 Å². The summed E-state index contributed by atoms with van der Waals surface area (Å²) in [6.07, 6.45) is 0. The van der Waals surface area contributed by atoms with Crippen molar-refractivity contribution in [1.82, 2.24) is 15.5 Å². The lowest BCUT2D eigenvalue weighted by atomic mass is 10.0. The van der Waals surface area contributed by atoms with Gasteiger partial charge in [-0.15, -0.1) is 5.10 Å². The largest absolute Gasteiger partial charge is 0.407 e. The smallest absolute Gasteiger partial charge is 0.315 e. The monoisotopic (exact) mass is 266 g/mol. The van der Waals surface area contributed by atoms with Crippen molar-refractivity contribution in [2.75, 3.05) is 11.9 Å². The lowest BCUT2D eigenvalue weighted by Crippen LogP contribution is -2.19. The quantitative estimate of drug-likeness (QED) is 0.829. The summed E-state index contributed by atoms with van der Waals surface area (Å²) in [5.74, 6) is 1.26. The van der Waals surface area contributed by atoms with E-state index in [0.717, 1.165) is 6.54 Å². The maximum Gasteiger partial charge on any atom is 0.315 e. The molecule has 0 saturated heterocycles. The highest BCUT2D eigenvalue weighted by Gasteiger charge is 2.65. The van der Waals surface area contributed by atoms with E-state index in [1.165, 1.54) is 0 Å². The van der Waals surface area contributed by atoms with Crippen molar-refractivity contribution in [2.24, 2.45) is 16.7 Å². The zero-order valence-electron chi connectivity index (χ0n) is 12.9. The topological polar surface area (TPSA) is 63.0 Å². The molecule has 108 valence electrons. The summed E-state index contributed by atoms with van der Waals surface area (Å²) in [6, 6.07) is 0.918. The van der Waals surface area contributed by atoms with Crippen LogP contribution in [0.15, 0.2) is 4.42 Å². The molecule has 0 amide bonds. The van der Waals surface area contributed by atoms with Crippen LogP contribution >= 0.6 is 0 Å². The molecule has 0 bridgehead atoms. The molecule has 5 heteroatoms. The molecule has 0 radical (unpaired) electrons. The summed E-state index contributed by atoms with van der Waals surface area (Å²) in [5.41, 5.74) is 0.523. The van der Waals surface area contributed by atoms with Crippen LogP contribution < -0.4 is 10.6 Å². The van der Waals surface area contributed by atoms with Crippen molar-refractivity contribution in [3.63, 3.8) is 0 Å². The van der Waals surface area contributed by atoms with Gasteiger partial charge in [-0.2, -0.15) is 0 Å². The van der Waals surface area contributed by atoms with Gasteiger partial charge >= 0.3 is 6.01 Å². The van der Waals surface area contributed by atoms with Gasteiger partial charge in [0, 0.05) is 6.04 Å².